The molecule has 1 amide bonds. The molecule has 1 N–H and O–H groups in total. The Hall–Kier alpha value is -1.95. The van der Waals surface area contributed by atoms with Gasteiger partial charge in [-0.3, -0.25) is 4.79 Å². The molecule has 0 saturated carbocycles. The molecule has 2 heterocycles. The number of carbonyl (C=O) groups excluding carboxylic acids is 1. The van der Waals surface area contributed by atoms with E-state index in [4.69, 9.17) is 23.2 Å². The number of hydrogen-bond donors (Lipinski definition) is 1. The zero-order chi connectivity index (χ0) is 22.3. The Morgan fingerprint density at radius 3 is 2.81 bits per heavy atom. The van der Waals surface area contributed by atoms with E-state index < -0.39 is 0 Å². The van der Waals surface area contributed by atoms with Crippen molar-refractivity contribution in [3.63, 3.8) is 0 Å². The summed E-state index contributed by atoms with van der Waals surface area (Å²) in [5.74, 6) is 0.294. The lowest BCUT2D eigenvalue weighted by Crippen LogP contribution is -2.48. The van der Waals surface area contributed by atoms with Crippen molar-refractivity contribution in [2.45, 2.75) is 45.6 Å². The molecule has 0 aromatic heterocycles. The molecule has 0 unspecified atom stereocenters. The lowest BCUT2D eigenvalue weighted by Gasteiger charge is -2.47. The first-order valence-corrected chi connectivity index (χ1v) is 11.9. The lowest BCUT2D eigenvalue weighted by molar-refractivity contribution is -0.115. The predicted octanol–water partition coefficient (Wildman–Crippen LogP) is 7.00. The van der Waals surface area contributed by atoms with Gasteiger partial charge in [0.25, 0.3) is 5.91 Å². The molecule has 162 valence electrons. The number of nitrogens with zero attached hydrogens (tertiary/aromatic N) is 2. The number of carbonyl (C=O) groups is 1. The van der Waals surface area contributed by atoms with Crippen molar-refractivity contribution in [3.05, 3.63) is 62.5 Å². The van der Waals surface area contributed by atoms with Crippen molar-refractivity contribution in [1.29, 1.82) is 0 Å². The molecular weight excluding hydrogens is 449 g/mol. The van der Waals surface area contributed by atoms with E-state index in [2.05, 4.69) is 61.1 Å². The fraction of sp³-hybridized carbons (Fsp3) is 0.333. The average molecular weight is 474 g/mol. The van der Waals surface area contributed by atoms with Crippen molar-refractivity contribution in [1.82, 2.24) is 5.32 Å². The third kappa shape index (κ3) is 4.36. The van der Waals surface area contributed by atoms with Crippen molar-refractivity contribution >= 4 is 63.5 Å². The van der Waals surface area contributed by atoms with Crippen LogP contribution in [0.15, 0.2) is 46.3 Å². The van der Waals surface area contributed by atoms with E-state index >= 15 is 0 Å². The molecule has 2 aromatic rings. The van der Waals surface area contributed by atoms with Gasteiger partial charge in [-0.15, -0.1) is 0 Å². The Bertz CT molecular complexity index is 1110. The van der Waals surface area contributed by atoms with Crippen LogP contribution in [-0.4, -0.2) is 23.2 Å². The number of thioether (sulfide) groups is 1. The SMILES string of the molecule is CCN1c2ccc(/C=C3\SC(=Nc4cccc(Cl)c4Cl)NC3=O)cc2[C@@H](C)CC1(C)C. The molecule has 1 fully saturated rings. The van der Waals surface area contributed by atoms with Gasteiger partial charge >= 0.3 is 0 Å². The van der Waals surface area contributed by atoms with Crippen LogP contribution >= 0.6 is 35.0 Å². The number of nitrogens with one attached hydrogen (secondary N) is 1. The summed E-state index contributed by atoms with van der Waals surface area (Å²) in [5, 5.41) is 4.11. The summed E-state index contributed by atoms with van der Waals surface area (Å²) in [6, 6.07) is 11.7. The molecule has 2 aromatic carbocycles. The van der Waals surface area contributed by atoms with Crippen molar-refractivity contribution < 1.29 is 4.79 Å². The number of fused-ring (bicyclic) bond motifs is 1. The molecule has 7 heteroatoms. The van der Waals surface area contributed by atoms with Crippen molar-refractivity contribution in [2.24, 2.45) is 4.99 Å². The second-order valence-electron chi connectivity index (χ2n) is 8.53. The summed E-state index contributed by atoms with van der Waals surface area (Å²) in [4.78, 5) is 20.1. The number of amidine groups is 1. The molecule has 2 aliphatic heterocycles. The summed E-state index contributed by atoms with van der Waals surface area (Å²) >= 11 is 13.6. The minimum absolute atomic E-state index is 0.134. The highest BCUT2D eigenvalue weighted by Crippen LogP contribution is 2.44. The van der Waals surface area contributed by atoms with Crippen LogP contribution in [0.5, 0.6) is 0 Å². The molecule has 31 heavy (non-hydrogen) atoms. The summed E-state index contributed by atoms with van der Waals surface area (Å²) in [6.07, 6.45) is 3.02. The van der Waals surface area contributed by atoms with Gasteiger partial charge in [0.15, 0.2) is 5.17 Å². The van der Waals surface area contributed by atoms with E-state index in [1.54, 1.807) is 18.2 Å². The third-order valence-electron chi connectivity index (χ3n) is 5.83. The van der Waals surface area contributed by atoms with Gasteiger partial charge in [-0.2, -0.15) is 0 Å². The molecular formula is C24H25Cl2N3OS. The van der Waals surface area contributed by atoms with Crippen LogP contribution in [0.25, 0.3) is 6.08 Å². The minimum Gasteiger partial charge on any atom is -0.366 e. The second-order valence-corrected chi connectivity index (χ2v) is 10.4. The molecule has 1 atom stereocenters. The van der Waals surface area contributed by atoms with Crippen LogP contribution < -0.4 is 10.2 Å². The minimum atomic E-state index is -0.163. The fourth-order valence-corrected chi connectivity index (χ4v) is 5.69. The number of halogens is 2. The fourth-order valence-electron chi connectivity index (χ4n) is 4.52. The predicted molar refractivity (Wildman–Crippen MR) is 134 cm³/mol. The van der Waals surface area contributed by atoms with Crippen LogP contribution in [0, 0.1) is 0 Å². The number of anilines is 1. The largest absolute Gasteiger partial charge is 0.366 e. The molecule has 2 aliphatic rings. The maximum atomic E-state index is 12.5. The average Bonchev–Trinajstić information content (AvgIpc) is 3.04. The zero-order valence-electron chi connectivity index (χ0n) is 18.0. The molecule has 4 nitrogen and oxygen atoms in total. The molecule has 0 bridgehead atoms. The Balaban J connectivity index is 1.62. The molecule has 4 rings (SSSR count). The van der Waals surface area contributed by atoms with Gasteiger partial charge in [0.05, 0.1) is 20.6 Å². The highest BCUT2D eigenvalue weighted by molar-refractivity contribution is 8.18. The summed E-state index contributed by atoms with van der Waals surface area (Å²) in [7, 11) is 0. The first kappa shape index (κ1) is 22.3. The smallest absolute Gasteiger partial charge is 0.264 e. The molecule has 0 spiro atoms. The second kappa shape index (κ2) is 8.53. The first-order valence-electron chi connectivity index (χ1n) is 10.3. The maximum absolute atomic E-state index is 12.5. The van der Waals surface area contributed by atoms with E-state index in [1.165, 1.54) is 23.0 Å². The van der Waals surface area contributed by atoms with Crippen LogP contribution in [-0.2, 0) is 4.79 Å². The van der Waals surface area contributed by atoms with Gasteiger partial charge in [-0.25, -0.2) is 4.99 Å². The number of hydrogen-bond acceptors (Lipinski definition) is 4. The van der Waals surface area contributed by atoms with Crippen LogP contribution in [0.4, 0.5) is 11.4 Å². The number of amides is 1. The molecule has 1 saturated heterocycles. The van der Waals surface area contributed by atoms with E-state index in [0.29, 0.717) is 31.7 Å². The van der Waals surface area contributed by atoms with Gasteiger partial charge in [0.2, 0.25) is 0 Å². The van der Waals surface area contributed by atoms with E-state index in [9.17, 15) is 4.79 Å². The van der Waals surface area contributed by atoms with E-state index in [-0.39, 0.29) is 11.4 Å². The molecule has 0 aliphatic carbocycles. The standard InChI is InChI=1S/C24H25Cl2N3OS/c1-5-29-19-10-9-15(11-16(19)14(2)13-24(29,3)4)12-20-22(30)28-23(31-20)27-18-8-6-7-17(25)21(18)26/h6-12,14H,5,13H2,1-4H3,(H,27,28,30)/b20-12-/t14-/m0/s1. The van der Waals surface area contributed by atoms with Gasteiger partial charge in [-0.05, 0) is 86.3 Å². The maximum Gasteiger partial charge on any atom is 0.264 e. The Morgan fingerprint density at radius 2 is 2.06 bits per heavy atom. The first-order chi connectivity index (χ1) is 14.7. The van der Waals surface area contributed by atoms with E-state index in [1.807, 2.05) is 6.08 Å². The summed E-state index contributed by atoms with van der Waals surface area (Å²) in [6.45, 7) is 10.1. The van der Waals surface area contributed by atoms with Crippen LogP contribution in [0.2, 0.25) is 10.0 Å². The topological polar surface area (TPSA) is 44.7 Å². The highest BCUT2D eigenvalue weighted by Gasteiger charge is 2.35. The normalized spacial score (nSPS) is 22.7. The van der Waals surface area contributed by atoms with Gasteiger partial charge < -0.3 is 10.2 Å². The van der Waals surface area contributed by atoms with Crippen molar-refractivity contribution in [2.75, 3.05) is 11.4 Å². The zero-order valence-corrected chi connectivity index (χ0v) is 20.3. The quantitative estimate of drug-likeness (QED) is 0.488. The number of aliphatic imine (C=N–C) groups is 1. The Kier molecular flexibility index (Phi) is 6.12. The number of rotatable bonds is 3. The van der Waals surface area contributed by atoms with Crippen LogP contribution in [0.3, 0.4) is 0 Å². The third-order valence-corrected chi connectivity index (χ3v) is 7.55. The van der Waals surface area contributed by atoms with Gasteiger partial charge in [0.1, 0.15) is 0 Å². The van der Waals surface area contributed by atoms with Crippen molar-refractivity contribution in [3.8, 4) is 0 Å². The number of benzene rings is 2. The molecule has 0 radical (unpaired) electrons. The summed E-state index contributed by atoms with van der Waals surface area (Å²) < 4.78 is 0. The lowest BCUT2D eigenvalue weighted by atomic mass is 9.79. The van der Waals surface area contributed by atoms with Gasteiger partial charge in [0, 0.05) is 17.8 Å². The van der Waals surface area contributed by atoms with Gasteiger partial charge in [-0.1, -0.05) is 42.3 Å². The monoisotopic (exact) mass is 473 g/mol. The highest BCUT2D eigenvalue weighted by atomic mass is 35.5. The Labute approximate surface area is 197 Å². The van der Waals surface area contributed by atoms with E-state index in [0.717, 1.165) is 18.5 Å². The Morgan fingerprint density at radius 1 is 1.29 bits per heavy atom. The summed E-state index contributed by atoms with van der Waals surface area (Å²) in [5.41, 5.74) is 4.30. The van der Waals surface area contributed by atoms with Crippen LogP contribution in [0.1, 0.15) is 51.2 Å².